The van der Waals surface area contributed by atoms with Crippen molar-refractivity contribution >= 4 is 62.3 Å². The van der Waals surface area contributed by atoms with E-state index in [9.17, 15) is 4.79 Å². The second kappa shape index (κ2) is 8.52. The number of aromatic nitrogens is 1. The third kappa shape index (κ3) is 4.28. The first-order chi connectivity index (χ1) is 12.5. The largest absolute Gasteiger partial charge is 0.427 e. The second-order valence-corrected chi connectivity index (χ2v) is 7.91. The molecule has 1 aromatic heterocycles. The van der Waals surface area contributed by atoms with Gasteiger partial charge >= 0.3 is 5.97 Å². The Balaban J connectivity index is 2.14. The molecule has 136 valence electrons. The van der Waals surface area contributed by atoms with E-state index in [4.69, 9.17) is 32.9 Å². The number of thiazole rings is 1. The van der Waals surface area contributed by atoms with Crippen LogP contribution >= 0.6 is 50.5 Å². The van der Waals surface area contributed by atoms with Crippen molar-refractivity contribution < 1.29 is 9.53 Å². The highest BCUT2D eigenvalue weighted by Crippen LogP contribution is 2.38. The summed E-state index contributed by atoms with van der Waals surface area (Å²) in [4.78, 5) is 20.7. The van der Waals surface area contributed by atoms with Crippen LogP contribution in [0.25, 0.3) is 0 Å². The summed E-state index contributed by atoms with van der Waals surface area (Å²) in [7, 11) is 0. The van der Waals surface area contributed by atoms with E-state index >= 15 is 0 Å². The van der Waals surface area contributed by atoms with E-state index in [1.807, 2.05) is 5.38 Å². The first kappa shape index (κ1) is 19.4. The third-order valence-electron chi connectivity index (χ3n) is 3.56. The van der Waals surface area contributed by atoms with Crippen LogP contribution in [0.3, 0.4) is 0 Å². The molecule has 0 saturated heterocycles. The molecule has 0 aliphatic carbocycles. The molecule has 0 fully saturated rings. The molecule has 1 aromatic carbocycles. The summed E-state index contributed by atoms with van der Waals surface area (Å²) >= 11 is 17.3. The first-order valence-corrected chi connectivity index (χ1v) is 10.4. The number of esters is 1. The average molecular weight is 475 g/mol. The average Bonchev–Trinajstić information content (AvgIpc) is 3.11. The van der Waals surface area contributed by atoms with Crippen LogP contribution in [0, 0.1) is 0 Å². The quantitative estimate of drug-likeness (QED) is 0.483. The highest BCUT2D eigenvalue weighted by atomic mass is 79.9. The molecule has 2 aromatic rings. The van der Waals surface area contributed by atoms with E-state index in [1.54, 1.807) is 24.4 Å². The summed E-state index contributed by atoms with van der Waals surface area (Å²) in [5, 5.41) is 7.53. The molecule has 1 aliphatic rings. The van der Waals surface area contributed by atoms with Gasteiger partial charge in [-0.15, -0.1) is 11.3 Å². The highest BCUT2D eigenvalue weighted by Gasteiger charge is 2.31. The highest BCUT2D eigenvalue weighted by molar-refractivity contribution is 9.09. The molecule has 1 atom stereocenters. The molecule has 0 bridgehead atoms. The van der Waals surface area contributed by atoms with E-state index in [0.717, 1.165) is 10.7 Å². The number of nitrogens with zero attached hydrogens (tertiary/aromatic N) is 2. The molecule has 1 unspecified atom stereocenters. The van der Waals surface area contributed by atoms with Crippen LogP contribution in [0.15, 0.2) is 46.2 Å². The van der Waals surface area contributed by atoms with Crippen LogP contribution in [0.4, 0.5) is 0 Å². The monoisotopic (exact) mass is 473 g/mol. The molecule has 0 spiro atoms. The van der Waals surface area contributed by atoms with Crippen molar-refractivity contribution in [2.45, 2.75) is 19.4 Å². The normalized spacial score (nSPS) is 16.9. The van der Waals surface area contributed by atoms with Crippen molar-refractivity contribution in [3.05, 3.63) is 61.8 Å². The molecule has 0 radical (unpaired) electrons. The van der Waals surface area contributed by atoms with Gasteiger partial charge < -0.3 is 10.1 Å². The maximum atomic E-state index is 11.7. The molecule has 26 heavy (non-hydrogen) atoms. The number of ether oxygens (including phenoxy) is 1. The maximum Gasteiger partial charge on any atom is 0.307 e. The van der Waals surface area contributed by atoms with Gasteiger partial charge in [-0.25, -0.2) is 9.98 Å². The number of amidine groups is 1. The summed E-state index contributed by atoms with van der Waals surface area (Å²) in [6.07, 6.45) is 2.33. The minimum atomic E-state index is -0.571. The fourth-order valence-corrected chi connectivity index (χ4v) is 4.02. The van der Waals surface area contributed by atoms with Crippen molar-refractivity contribution in [2.75, 3.05) is 5.33 Å². The number of alkyl halides is 1. The number of carbonyl (C=O) groups excluding carboxylic acids is 1. The molecule has 9 heteroatoms. The van der Waals surface area contributed by atoms with Gasteiger partial charge in [-0.3, -0.25) is 4.79 Å². The van der Waals surface area contributed by atoms with Crippen LogP contribution in [-0.4, -0.2) is 22.1 Å². The standard InChI is InChI=1S/C17H14BrCl2N3O2S/c1-9(24)25-15-13(4-5-18)22-16(17-21-6-7-26-17)23-14(15)11-3-2-10(19)8-12(11)20/h2-3,6-8,14H,4-5H2,1H3,(H,22,23). The van der Waals surface area contributed by atoms with Crippen LogP contribution in [-0.2, 0) is 9.53 Å². The van der Waals surface area contributed by atoms with Crippen LogP contribution in [0.1, 0.15) is 30.0 Å². The number of nitrogens with one attached hydrogen (secondary N) is 1. The van der Waals surface area contributed by atoms with Gasteiger partial charge in [0, 0.05) is 45.9 Å². The van der Waals surface area contributed by atoms with E-state index in [-0.39, 0.29) is 0 Å². The molecular weight excluding hydrogens is 461 g/mol. The number of halogens is 3. The minimum absolute atomic E-state index is 0.420. The minimum Gasteiger partial charge on any atom is -0.427 e. The number of carbonyl (C=O) groups is 1. The zero-order chi connectivity index (χ0) is 18.7. The molecule has 3 rings (SSSR count). The SMILES string of the molecule is CC(=O)OC1=C(CCBr)NC(c2nccs2)=NC1c1ccc(Cl)cc1Cl. The zero-order valence-corrected chi connectivity index (χ0v) is 17.5. The lowest BCUT2D eigenvalue weighted by Crippen LogP contribution is -2.32. The molecule has 5 nitrogen and oxygen atoms in total. The third-order valence-corrected chi connectivity index (χ3v) is 5.30. The summed E-state index contributed by atoms with van der Waals surface area (Å²) in [5.41, 5.74) is 1.46. The molecule has 1 aliphatic heterocycles. The summed E-state index contributed by atoms with van der Waals surface area (Å²) in [6, 6.07) is 4.60. The fraction of sp³-hybridized carbons (Fsp3) is 0.235. The number of allylic oxidation sites excluding steroid dienone is 1. The molecule has 2 heterocycles. The van der Waals surface area contributed by atoms with E-state index < -0.39 is 12.0 Å². The van der Waals surface area contributed by atoms with E-state index in [0.29, 0.717) is 39.0 Å². The fourth-order valence-electron chi connectivity index (χ4n) is 2.53. The van der Waals surface area contributed by atoms with Crippen LogP contribution < -0.4 is 5.32 Å². The summed E-state index contributed by atoms with van der Waals surface area (Å²) in [6.45, 7) is 1.36. The lowest BCUT2D eigenvalue weighted by molar-refractivity contribution is -0.137. The van der Waals surface area contributed by atoms with Crippen molar-refractivity contribution in [1.29, 1.82) is 0 Å². The number of rotatable bonds is 5. The Morgan fingerprint density at radius 2 is 2.23 bits per heavy atom. The van der Waals surface area contributed by atoms with Gasteiger partial charge in [0.05, 0.1) is 5.70 Å². The van der Waals surface area contributed by atoms with Gasteiger partial charge in [0.15, 0.2) is 16.6 Å². The summed E-state index contributed by atoms with van der Waals surface area (Å²) in [5.74, 6) is 0.626. The van der Waals surface area contributed by atoms with Gasteiger partial charge in [0.2, 0.25) is 0 Å². The smallest absolute Gasteiger partial charge is 0.307 e. The predicted octanol–water partition coefficient (Wildman–Crippen LogP) is 5.10. The maximum absolute atomic E-state index is 11.7. The predicted molar refractivity (Wildman–Crippen MR) is 108 cm³/mol. The van der Waals surface area contributed by atoms with Crippen LogP contribution in [0.2, 0.25) is 10.0 Å². The van der Waals surface area contributed by atoms with Gasteiger partial charge in [0.1, 0.15) is 6.04 Å². The lowest BCUT2D eigenvalue weighted by atomic mass is 10.0. The van der Waals surface area contributed by atoms with Crippen molar-refractivity contribution in [3.63, 3.8) is 0 Å². The number of benzene rings is 1. The van der Waals surface area contributed by atoms with E-state index in [1.165, 1.54) is 18.3 Å². The number of hydrogen-bond donors (Lipinski definition) is 1. The lowest BCUT2D eigenvalue weighted by Gasteiger charge is -2.27. The van der Waals surface area contributed by atoms with Gasteiger partial charge in [-0.05, 0) is 12.1 Å². The van der Waals surface area contributed by atoms with Gasteiger partial charge in [-0.1, -0.05) is 45.2 Å². The molecule has 0 saturated carbocycles. The Morgan fingerprint density at radius 3 is 2.85 bits per heavy atom. The number of hydrogen-bond acceptors (Lipinski definition) is 6. The Kier molecular flexibility index (Phi) is 6.34. The van der Waals surface area contributed by atoms with Gasteiger partial charge in [-0.2, -0.15) is 0 Å². The Labute approximate surface area is 173 Å². The topological polar surface area (TPSA) is 63.6 Å². The summed E-state index contributed by atoms with van der Waals surface area (Å²) < 4.78 is 5.52. The van der Waals surface area contributed by atoms with Crippen LogP contribution in [0.5, 0.6) is 0 Å². The molecule has 0 amide bonds. The Hall–Kier alpha value is -1.41. The van der Waals surface area contributed by atoms with Crippen molar-refractivity contribution in [1.82, 2.24) is 10.3 Å². The first-order valence-electron chi connectivity index (χ1n) is 7.66. The second-order valence-electron chi connectivity index (χ2n) is 5.38. The molecule has 1 N–H and O–H groups in total. The van der Waals surface area contributed by atoms with E-state index in [2.05, 4.69) is 26.2 Å². The van der Waals surface area contributed by atoms with Crippen molar-refractivity contribution in [2.24, 2.45) is 4.99 Å². The molecular formula is C17H14BrCl2N3O2S. The Bertz CT molecular complexity index is 884. The number of aliphatic imine (C=N–C) groups is 1. The van der Waals surface area contributed by atoms with Crippen molar-refractivity contribution in [3.8, 4) is 0 Å². The van der Waals surface area contributed by atoms with Gasteiger partial charge in [0.25, 0.3) is 0 Å². The zero-order valence-electron chi connectivity index (χ0n) is 13.6. The Morgan fingerprint density at radius 1 is 1.42 bits per heavy atom.